The highest BCUT2D eigenvalue weighted by Gasteiger charge is 2.22. The fourth-order valence-corrected chi connectivity index (χ4v) is 6.19. The van der Waals surface area contributed by atoms with Gasteiger partial charge in [0.05, 0.1) is 19.3 Å². The van der Waals surface area contributed by atoms with Crippen molar-refractivity contribution in [3.8, 4) is 33.5 Å². The molecule has 0 saturated heterocycles. The van der Waals surface area contributed by atoms with Gasteiger partial charge >= 0.3 is 0 Å². The average molecular weight is 444 g/mol. The van der Waals surface area contributed by atoms with Crippen LogP contribution in [0.5, 0.6) is 0 Å². The van der Waals surface area contributed by atoms with E-state index in [0.717, 1.165) is 16.8 Å². The van der Waals surface area contributed by atoms with Crippen LogP contribution in [0.2, 0.25) is 19.6 Å². The Morgan fingerprint density at radius 1 is 0.576 bits per heavy atom. The molecule has 0 spiro atoms. The van der Waals surface area contributed by atoms with Crippen molar-refractivity contribution >= 4 is 24.2 Å². The molecule has 2 heteroatoms. The first-order chi connectivity index (χ1) is 15.9. The molecule has 0 amide bonds. The van der Waals surface area contributed by atoms with E-state index in [9.17, 15) is 0 Å². The Bertz CT molecular complexity index is 1430. The first-order valence-electron chi connectivity index (χ1n) is 11.6. The average Bonchev–Trinajstić information content (AvgIpc) is 2.83. The topological polar surface area (TPSA) is 12.9 Å². The number of hydrogen-bond donors (Lipinski definition) is 0. The number of fused-ring (bicyclic) bond motifs is 1. The molecule has 0 radical (unpaired) electrons. The first kappa shape index (κ1) is 21.4. The van der Waals surface area contributed by atoms with Gasteiger partial charge in [0, 0.05) is 10.9 Å². The zero-order chi connectivity index (χ0) is 23.0. The van der Waals surface area contributed by atoms with E-state index in [1.165, 1.54) is 38.4 Å². The molecule has 1 aromatic heterocycles. The maximum absolute atomic E-state index is 5.11. The molecule has 0 atom stereocenters. The smallest absolute Gasteiger partial charge is 0.0784 e. The van der Waals surface area contributed by atoms with Gasteiger partial charge in [-0.05, 0) is 52.9 Å². The lowest BCUT2D eigenvalue weighted by Crippen LogP contribution is -2.39. The Kier molecular flexibility index (Phi) is 5.47. The molecule has 0 N–H and O–H groups in total. The van der Waals surface area contributed by atoms with Crippen LogP contribution < -0.4 is 5.19 Å². The summed E-state index contributed by atoms with van der Waals surface area (Å²) in [5.74, 6) is 0. The number of benzene rings is 4. The SMILES string of the molecule is Cc1cc(-c2ccc3cc([Si](C)(C)C)c(-c4ccccc4)cc3n2)ccc1-c1ccccc1. The predicted octanol–water partition coefficient (Wildman–Crippen LogP) is 8.09. The molecule has 162 valence electrons. The molecule has 0 saturated carbocycles. The van der Waals surface area contributed by atoms with E-state index < -0.39 is 8.07 Å². The van der Waals surface area contributed by atoms with Crippen LogP contribution in [0.4, 0.5) is 0 Å². The van der Waals surface area contributed by atoms with E-state index in [2.05, 4.69) is 130 Å². The van der Waals surface area contributed by atoms with Gasteiger partial charge in [0.15, 0.2) is 0 Å². The maximum atomic E-state index is 5.11. The first-order valence-corrected chi connectivity index (χ1v) is 15.1. The highest BCUT2D eigenvalue weighted by atomic mass is 28.3. The number of pyridine rings is 1. The summed E-state index contributed by atoms with van der Waals surface area (Å²) in [5.41, 5.74) is 9.60. The summed E-state index contributed by atoms with van der Waals surface area (Å²) < 4.78 is 0. The minimum atomic E-state index is -1.53. The zero-order valence-corrected chi connectivity index (χ0v) is 20.8. The Balaban J connectivity index is 1.62. The van der Waals surface area contributed by atoms with Gasteiger partial charge in [-0.25, -0.2) is 4.98 Å². The number of aromatic nitrogens is 1. The second kappa shape index (κ2) is 8.46. The van der Waals surface area contributed by atoms with Crippen molar-refractivity contribution < 1.29 is 0 Å². The lowest BCUT2D eigenvalue weighted by molar-refractivity contribution is 1.38. The molecule has 5 aromatic rings. The molecule has 4 aromatic carbocycles. The van der Waals surface area contributed by atoms with Crippen LogP contribution in [0.1, 0.15) is 5.56 Å². The second-order valence-corrected chi connectivity index (χ2v) is 14.8. The third-order valence-electron chi connectivity index (χ3n) is 6.33. The lowest BCUT2D eigenvalue weighted by Gasteiger charge is -2.22. The molecular weight excluding hydrogens is 414 g/mol. The van der Waals surface area contributed by atoms with E-state index in [1.807, 2.05) is 0 Å². The Hall–Kier alpha value is -3.49. The second-order valence-electron chi connectivity index (χ2n) is 9.80. The molecule has 0 unspecified atom stereocenters. The van der Waals surface area contributed by atoms with E-state index in [4.69, 9.17) is 4.98 Å². The van der Waals surface area contributed by atoms with Crippen molar-refractivity contribution in [1.29, 1.82) is 0 Å². The van der Waals surface area contributed by atoms with Gasteiger partial charge in [-0.15, -0.1) is 0 Å². The number of aryl methyl sites for hydroxylation is 1. The lowest BCUT2D eigenvalue weighted by atomic mass is 9.97. The van der Waals surface area contributed by atoms with Crippen molar-refractivity contribution in [2.75, 3.05) is 0 Å². The van der Waals surface area contributed by atoms with Crippen molar-refractivity contribution in [3.63, 3.8) is 0 Å². The van der Waals surface area contributed by atoms with Crippen molar-refractivity contribution in [1.82, 2.24) is 4.98 Å². The Morgan fingerprint density at radius 2 is 1.21 bits per heavy atom. The quantitative estimate of drug-likeness (QED) is 0.256. The largest absolute Gasteiger partial charge is 0.248 e. The van der Waals surface area contributed by atoms with Gasteiger partial charge < -0.3 is 0 Å². The third kappa shape index (κ3) is 4.27. The van der Waals surface area contributed by atoms with Gasteiger partial charge in [-0.3, -0.25) is 0 Å². The van der Waals surface area contributed by atoms with E-state index in [-0.39, 0.29) is 0 Å². The molecule has 0 bridgehead atoms. The fourth-order valence-electron chi connectivity index (χ4n) is 4.57. The number of nitrogens with zero attached hydrogens (tertiary/aromatic N) is 1. The summed E-state index contributed by atoms with van der Waals surface area (Å²) in [5, 5.41) is 2.70. The van der Waals surface area contributed by atoms with Crippen LogP contribution in [0.15, 0.2) is 103 Å². The molecule has 1 heterocycles. The van der Waals surface area contributed by atoms with Crippen molar-refractivity contribution in [3.05, 3.63) is 109 Å². The van der Waals surface area contributed by atoms with Crippen LogP contribution in [0.3, 0.4) is 0 Å². The minimum absolute atomic E-state index is 1.02. The summed E-state index contributed by atoms with van der Waals surface area (Å²) in [4.78, 5) is 5.11. The van der Waals surface area contributed by atoms with Gasteiger partial charge in [-0.1, -0.05) is 110 Å². The summed E-state index contributed by atoms with van der Waals surface area (Å²) >= 11 is 0. The van der Waals surface area contributed by atoms with E-state index in [0.29, 0.717) is 0 Å². The van der Waals surface area contributed by atoms with E-state index >= 15 is 0 Å². The van der Waals surface area contributed by atoms with Gasteiger partial charge in [0.1, 0.15) is 0 Å². The summed E-state index contributed by atoms with van der Waals surface area (Å²) in [6.45, 7) is 9.43. The molecule has 0 aliphatic heterocycles. The van der Waals surface area contributed by atoms with E-state index in [1.54, 1.807) is 0 Å². The normalized spacial score (nSPS) is 11.6. The van der Waals surface area contributed by atoms with Gasteiger partial charge in [0.25, 0.3) is 0 Å². The monoisotopic (exact) mass is 443 g/mol. The highest BCUT2D eigenvalue weighted by molar-refractivity contribution is 6.89. The van der Waals surface area contributed by atoms with Crippen molar-refractivity contribution in [2.45, 2.75) is 26.6 Å². The summed E-state index contributed by atoms with van der Waals surface area (Å²) in [6.07, 6.45) is 0. The van der Waals surface area contributed by atoms with Crippen LogP contribution in [0.25, 0.3) is 44.4 Å². The van der Waals surface area contributed by atoms with Gasteiger partial charge in [-0.2, -0.15) is 0 Å². The third-order valence-corrected chi connectivity index (χ3v) is 8.36. The fraction of sp³-hybridized carbons (Fsp3) is 0.129. The molecule has 1 nitrogen and oxygen atoms in total. The minimum Gasteiger partial charge on any atom is -0.248 e. The standard InChI is InChI=1S/C31H29NSi/c1-22-19-25(15-17-27(22)23-11-7-5-8-12-23)29-18-16-26-20-31(33(2,3)4)28(21-30(26)32-29)24-13-9-6-10-14-24/h5-21H,1-4H3. The van der Waals surface area contributed by atoms with Crippen LogP contribution >= 0.6 is 0 Å². The number of rotatable bonds is 4. The summed E-state index contributed by atoms with van der Waals surface area (Å²) in [6, 6.07) is 37.0. The molecule has 0 aliphatic carbocycles. The number of hydrogen-bond acceptors (Lipinski definition) is 1. The predicted molar refractivity (Wildman–Crippen MR) is 146 cm³/mol. The summed E-state index contributed by atoms with van der Waals surface area (Å²) in [7, 11) is -1.53. The Morgan fingerprint density at radius 3 is 1.82 bits per heavy atom. The highest BCUT2D eigenvalue weighted by Crippen LogP contribution is 2.30. The molecule has 33 heavy (non-hydrogen) atoms. The van der Waals surface area contributed by atoms with Crippen LogP contribution in [-0.2, 0) is 0 Å². The van der Waals surface area contributed by atoms with Gasteiger partial charge in [0.2, 0.25) is 0 Å². The Labute approximate surface area is 197 Å². The zero-order valence-electron chi connectivity index (χ0n) is 19.8. The van der Waals surface area contributed by atoms with Crippen LogP contribution in [-0.4, -0.2) is 13.1 Å². The molecule has 0 fully saturated rings. The van der Waals surface area contributed by atoms with Crippen molar-refractivity contribution in [2.24, 2.45) is 0 Å². The van der Waals surface area contributed by atoms with Crippen LogP contribution in [0, 0.1) is 6.92 Å². The molecular formula is C31H29NSi. The molecule has 5 rings (SSSR count). The maximum Gasteiger partial charge on any atom is 0.0784 e. The molecule has 0 aliphatic rings.